The zero-order chi connectivity index (χ0) is 13.9. The molecule has 0 amide bonds. The van der Waals surface area contributed by atoms with Gasteiger partial charge in [0.25, 0.3) is 0 Å². The second-order valence-corrected chi connectivity index (χ2v) is 5.15. The summed E-state index contributed by atoms with van der Waals surface area (Å²) in [6.45, 7) is 2.64. The van der Waals surface area contributed by atoms with E-state index in [0.717, 1.165) is 17.7 Å². The van der Waals surface area contributed by atoms with Gasteiger partial charge in [0.1, 0.15) is 5.75 Å². The van der Waals surface area contributed by atoms with Gasteiger partial charge in [0, 0.05) is 11.5 Å². The molecule has 102 valence electrons. The number of carbonyl (C=O) groups excluding carboxylic acids is 1. The van der Waals surface area contributed by atoms with Gasteiger partial charge in [-0.25, -0.2) is 0 Å². The van der Waals surface area contributed by atoms with E-state index in [0.29, 0.717) is 12.5 Å². The van der Waals surface area contributed by atoms with Crippen LogP contribution in [0.1, 0.15) is 35.2 Å². The normalized spacial score (nSPS) is 20.4. The lowest BCUT2D eigenvalue weighted by Crippen LogP contribution is -2.03. The van der Waals surface area contributed by atoms with Crippen molar-refractivity contribution in [2.24, 2.45) is 5.92 Å². The molecule has 0 N–H and O–H groups in total. The lowest BCUT2D eigenvalue weighted by Gasteiger charge is -2.09. The summed E-state index contributed by atoms with van der Waals surface area (Å²) in [7, 11) is 0. The third-order valence-corrected chi connectivity index (χ3v) is 3.80. The van der Waals surface area contributed by atoms with Crippen LogP contribution in [0.4, 0.5) is 0 Å². The molecule has 2 nitrogen and oxygen atoms in total. The zero-order valence-electron chi connectivity index (χ0n) is 11.6. The lowest BCUT2D eigenvalue weighted by molar-refractivity contribution is 0.0965. The number of carbonyl (C=O) groups is 1. The fourth-order valence-electron chi connectivity index (χ4n) is 2.72. The Hall–Kier alpha value is -2.09. The molecule has 2 heteroatoms. The van der Waals surface area contributed by atoms with Gasteiger partial charge in [-0.05, 0) is 30.9 Å². The molecule has 3 rings (SSSR count). The van der Waals surface area contributed by atoms with Crippen molar-refractivity contribution in [3.63, 3.8) is 0 Å². The summed E-state index contributed by atoms with van der Waals surface area (Å²) in [5.74, 6) is 1.59. The summed E-state index contributed by atoms with van der Waals surface area (Å²) in [4.78, 5) is 12.4. The Bertz CT molecular complexity index is 604. The van der Waals surface area contributed by atoms with Crippen LogP contribution < -0.4 is 4.74 Å². The van der Waals surface area contributed by atoms with E-state index >= 15 is 0 Å². The predicted octanol–water partition coefficient (Wildman–Crippen LogP) is 4.07. The highest BCUT2D eigenvalue weighted by Gasteiger charge is 2.45. The molecule has 2 aromatic rings. The molecule has 0 aliphatic heterocycles. The zero-order valence-corrected chi connectivity index (χ0v) is 11.6. The van der Waals surface area contributed by atoms with Gasteiger partial charge in [-0.3, -0.25) is 4.79 Å². The van der Waals surface area contributed by atoms with Gasteiger partial charge in [0.05, 0.1) is 6.61 Å². The molecule has 2 unspecified atom stereocenters. The SMILES string of the molecule is CCOc1ccccc1C1CC1C(=O)c1ccccc1. The van der Waals surface area contributed by atoms with Crippen molar-refractivity contribution in [2.75, 3.05) is 6.61 Å². The van der Waals surface area contributed by atoms with E-state index in [-0.39, 0.29) is 11.7 Å². The average Bonchev–Trinajstić information content (AvgIpc) is 3.29. The van der Waals surface area contributed by atoms with Crippen LogP contribution in [0.5, 0.6) is 5.75 Å². The van der Waals surface area contributed by atoms with Gasteiger partial charge in [0.15, 0.2) is 5.78 Å². The van der Waals surface area contributed by atoms with Crippen LogP contribution >= 0.6 is 0 Å². The first kappa shape index (κ1) is 12.9. The number of ether oxygens (including phenoxy) is 1. The Balaban J connectivity index is 1.78. The van der Waals surface area contributed by atoms with Gasteiger partial charge in [-0.1, -0.05) is 48.5 Å². The van der Waals surface area contributed by atoms with Crippen LogP contribution in [0.25, 0.3) is 0 Å². The number of ketones is 1. The Labute approximate surface area is 119 Å². The first-order chi connectivity index (χ1) is 9.81. The minimum absolute atomic E-state index is 0.110. The van der Waals surface area contributed by atoms with Crippen molar-refractivity contribution in [2.45, 2.75) is 19.3 Å². The van der Waals surface area contributed by atoms with Gasteiger partial charge < -0.3 is 4.74 Å². The topological polar surface area (TPSA) is 26.3 Å². The van der Waals surface area contributed by atoms with Crippen molar-refractivity contribution >= 4 is 5.78 Å². The average molecular weight is 266 g/mol. The molecule has 20 heavy (non-hydrogen) atoms. The minimum atomic E-state index is 0.110. The summed E-state index contributed by atoms with van der Waals surface area (Å²) in [5.41, 5.74) is 1.98. The molecule has 0 saturated heterocycles. The Morgan fingerprint density at radius 1 is 1.10 bits per heavy atom. The number of benzene rings is 2. The maximum atomic E-state index is 12.4. The van der Waals surface area contributed by atoms with Crippen LogP contribution in [-0.2, 0) is 0 Å². The van der Waals surface area contributed by atoms with E-state index in [9.17, 15) is 4.79 Å². The van der Waals surface area contributed by atoms with E-state index in [1.54, 1.807) is 0 Å². The third kappa shape index (κ3) is 2.46. The van der Waals surface area contributed by atoms with E-state index in [2.05, 4.69) is 6.07 Å². The first-order valence-corrected chi connectivity index (χ1v) is 7.12. The molecule has 2 atom stereocenters. The van der Waals surface area contributed by atoms with E-state index in [4.69, 9.17) is 4.74 Å². The standard InChI is InChI=1S/C18H18O2/c1-2-20-17-11-7-6-10-14(17)15-12-16(15)18(19)13-8-4-3-5-9-13/h3-11,15-16H,2,12H2,1H3. The molecule has 0 heterocycles. The van der Waals surface area contributed by atoms with Crippen molar-refractivity contribution in [1.82, 2.24) is 0 Å². The molecule has 1 aliphatic carbocycles. The van der Waals surface area contributed by atoms with E-state index in [1.165, 1.54) is 5.56 Å². The fraction of sp³-hybridized carbons (Fsp3) is 0.278. The molecule has 0 radical (unpaired) electrons. The van der Waals surface area contributed by atoms with Crippen LogP contribution in [0.2, 0.25) is 0 Å². The second kappa shape index (κ2) is 5.49. The van der Waals surface area contributed by atoms with Crippen molar-refractivity contribution in [3.8, 4) is 5.75 Å². The van der Waals surface area contributed by atoms with Gasteiger partial charge >= 0.3 is 0 Å². The summed E-state index contributed by atoms with van der Waals surface area (Å²) >= 11 is 0. The number of hydrogen-bond acceptors (Lipinski definition) is 2. The van der Waals surface area contributed by atoms with Crippen molar-refractivity contribution < 1.29 is 9.53 Å². The van der Waals surface area contributed by atoms with E-state index in [1.807, 2.05) is 55.5 Å². The van der Waals surface area contributed by atoms with Crippen LogP contribution in [0.15, 0.2) is 54.6 Å². The molecule has 0 bridgehead atoms. The molecule has 1 saturated carbocycles. The highest BCUT2D eigenvalue weighted by Crippen LogP contribution is 2.51. The lowest BCUT2D eigenvalue weighted by atomic mass is 10.0. The molecular weight excluding hydrogens is 248 g/mol. The largest absolute Gasteiger partial charge is 0.494 e. The fourth-order valence-corrected chi connectivity index (χ4v) is 2.72. The monoisotopic (exact) mass is 266 g/mol. The van der Waals surface area contributed by atoms with Crippen LogP contribution in [0.3, 0.4) is 0 Å². The number of para-hydroxylation sites is 1. The van der Waals surface area contributed by atoms with Crippen molar-refractivity contribution in [1.29, 1.82) is 0 Å². The van der Waals surface area contributed by atoms with Crippen molar-refractivity contribution in [3.05, 3.63) is 65.7 Å². The number of Topliss-reactive ketones (excluding diaryl/α,β-unsaturated/α-hetero) is 1. The summed E-state index contributed by atoms with van der Waals surface area (Å²) in [6.07, 6.45) is 0.928. The number of rotatable bonds is 5. The van der Waals surface area contributed by atoms with Gasteiger partial charge in [-0.2, -0.15) is 0 Å². The minimum Gasteiger partial charge on any atom is -0.494 e. The van der Waals surface area contributed by atoms with Crippen LogP contribution in [-0.4, -0.2) is 12.4 Å². The van der Waals surface area contributed by atoms with Crippen LogP contribution in [0, 0.1) is 5.92 Å². The molecule has 0 aromatic heterocycles. The third-order valence-electron chi connectivity index (χ3n) is 3.80. The maximum Gasteiger partial charge on any atom is 0.166 e. The van der Waals surface area contributed by atoms with Gasteiger partial charge in [0.2, 0.25) is 0 Å². The molecule has 1 aliphatic rings. The molecule has 0 spiro atoms. The second-order valence-electron chi connectivity index (χ2n) is 5.15. The quantitative estimate of drug-likeness (QED) is 0.762. The summed E-state index contributed by atoms with van der Waals surface area (Å²) in [5, 5.41) is 0. The molecular formula is C18H18O2. The van der Waals surface area contributed by atoms with Gasteiger partial charge in [-0.15, -0.1) is 0 Å². The Kier molecular flexibility index (Phi) is 3.55. The Morgan fingerprint density at radius 2 is 1.80 bits per heavy atom. The smallest absolute Gasteiger partial charge is 0.166 e. The summed E-state index contributed by atoms with van der Waals surface area (Å²) in [6, 6.07) is 17.6. The maximum absolute atomic E-state index is 12.4. The summed E-state index contributed by atoms with van der Waals surface area (Å²) < 4.78 is 5.66. The molecule has 1 fully saturated rings. The predicted molar refractivity (Wildman–Crippen MR) is 79.2 cm³/mol. The van der Waals surface area contributed by atoms with E-state index < -0.39 is 0 Å². The Morgan fingerprint density at radius 3 is 2.55 bits per heavy atom. The molecule has 2 aromatic carbocycles. The highest BCUT2D eigenvalue weighted by molar-refractivity contribution is 6.00. The number of hydrogen-bond donors (Lipinski definition) is 0. The highest BCUT2D eigenvalue weighted by atomic mass is 16.5. The first-order valence-electron chi connectivity index (χ1n) is 7.12.